The zero-order valence-corrected chi connectivity index (χ0v) is 11.6. The number of anilines is 1. The summed E-state index contributed by atoms with van der Waals surface area (Å²) < 4.78 is 22.8. The molecule has 1 aromatic heterocycles. The second kappa shape index (κ2) is 5.05. The first-order chi connectivity index (χ1) is 9.12. The molecule has 3 rings (SSSR count). The van der Waals surface area contributed by atoms with Crippen molar-refractivity contribution in [3.63, 3.8) is 0 Å². The normalized spacial score (nSPS) is 22.4. The van der Waals surface area contributed by atoms with Gasteiger partial charge in [0.15, 0.2) is 9.84 Å². The molecule has 1 saturated carbocycles. The summed E-state index contributed by atoms with van der Waals surface area (Å²) in [6.07, 6.45) is 5.96. The maximum Gasteiger partial charge on any atom is 0.153 e. The van der Waals surface area contributed by atoms with Gasteiger partial charge in [0, 0.05) is 31.9 Å². The van der Waals surface area contributed by atoms with E-state index in [1.54, 1.807) is 12.4 Å². The highest BCUT2D eigenvalue weighted by Gasteiger charge is 2.23. The summed E-state index contributed by atoms with van der Waals surface area (Å²) in [5.41, 5.74) is 0.915. The molecule has 1 aliphatic carbocycles. The van der Waals surface area contributed by atoms with E-state index < -0.39 is 9.84 Å². The van der Waals surface area contributed by atoms with E-state index in [4.69, 9.17) is 0 Å². The third-order valence-corrected chi connectivity index (χ3v) is 5.10. The first kappa shape index (κ1) is 12.8. The zero-order chi connectivity index (χ0) is 13.3. The SMILES string of the molecule is O=S1(=O)CCN(c2cncc(CNC3CC3)n2)CC1. The van der Waals surface area contributed by atoms with E-state index in [2.05, 4.69) is 15.3 Å². The monoisotopic (exact) mass is 282 g/mol. The topological polar surface area (TPSA) is 75.2 Å². The lowest BCUT2D eigenvalue weighted by Gasteiger charge is -2.27. The van der Waals surface area contributed by atoms with Crippen LogP contribution in [-0.4, -0.2) is 49.0 Å². The molecule has 2 heterocycles. The van der Waals surface area contributed by atoms with Crippen molar-refractivity contribution in [2.45, 2.75) is 25.4 Å². The highest BCUT2D eigenvalue weighted by molar-refractivity contribution is 7.91. The molecule has 1 N–H and O–H groups in total. The number of nitrogens with one attached hydrogen (secondary N) is 1. The number of aromatic nitrogens is 2. The van der Waals surface area contributed by atoms with Crippen molar-refractivity contribution in [2.75, 3.05) is 29.5 Å². The highest BCUT2D eigenvalue weighted by Crippen LogP contribution is 2.19. The van der Waals surface area contributed by atoms with E-state index >= 15 is 0 Å². The van der Waals surface area contributed by atoms with Gasteiger partial charge in [-0.3, -0.25) is 4.98 Å². The Morgan fingerprint density at radius 2 is 2.00 bits per heavy atom. The largest absolute Gasteiger partial charge is 0.353 e. The molecule has 0 amide bonds. The van der Waals surface area contributed by atoms with E-state index in [0.29, 0.717) is 19.1 Å². The summed E-state index contributed by atoms with van der Waals surface area (Å²) in [5.74, 6) is 1.20. The molecule has 6 nitrogen and oxygen atoms in total. The van der Waals surface area contributed by atoms with Gasteiger partial charge in [-0.05, 0) is 12.8 Å². The highest BCUT2D eigenvalue weighted by atomic mass is 32.2. The van der Waals surface area contributed by atoms with Crippen LogP contribution in [0, 0.1) is 0 Å². The fraction of sp³-hybridized carbons (Fsp3) is 0.667. The number of sulfone groups is 1. The first-order valence-corrected chi connectivity index (χ1v) is 8.44. The lowest BCUT2D eigenvalue weighted by molar-refractivity contribution is 0.586. The van der Waals surface area contributed by atoms with Crippen LogP contribution in [0.15, 0.2) is 12.4 Å². The van der Waals surface area contributed by atoms with Gasteiger partial charge in [-0.15, -0.1) is 0 Å². The van der Waals surface area contributed by atoms with E-state index in [1.165, 1.54) is 12.8 Å². The third kappa shape index (κ3) is 3.42. The molecule has 104 valence electrons. The van der Waals surface area contributed by atoms with Crippen molar-refractivity contribution < 1.29 is 8.42 Å². The molecule has 0 aromatic carbocycles. The Bertz CT molecular complexity index is 543. The maximum atomic E-state index is 11.4. The standard InChI is InChI=1S/C12H18N4O2S/c17-19(18)5-3-16(4-6-19)12-9-13-7-11(15-12)8-14-10-1-2-10/h7,9-10,14H,1-6,8H2. The van der Waals surface area contributed by atoms with Crippen LogP contribution in [0.25, 0.3) is 0 Å². The lowest BCUT2D eigenvalue weighted by atomic mass is 10.4. The molecule has 1 aliphatic heterocycles. The zero-order valence-electron chi connectivity index (χ0n) is 10.7. The van der Waals surface area contributed by atoms with Gasteiger partial charge in [0.2, 0.25) is 0 Å². The van der Waals surface area contributed by atoms with Crippen molar-refractivity contribution in [3.8, 4) is 0 Å². The van der Waals surface area contributed by atoms with Gasteiger partial charge in [-0.25, -0.2) is 13.4 Å². The Morgan fingerprint density at radius 3 is 2.68 bits per heavy atom. The molecular weight excluding hydrogens is 264 g/mol. The van der Waals surface area contributed by atoms with Crippen LogP contribution in [-0.2, 0) is 16.4 Å². The Morgan fingerprint density at radius 1 is 1.26 bits per heavy atom. The number of rotatable bonds is 4. The van der Waals surface area contributed by atoms with E-state index in [0.717, 1.165) is 18.1 Å². The Hall–Kier alpha value is -1.21. The summed E-state index contributed by atoms with van der Waals surface area (Å²) in [4.78, 5) is 10.7. The molecule has 0 bridgehead atoms. The van der Waals surface area contributed by atoms with Crippen molar-refractivity contribution in [1.29, 1.82) is 0 Å². The minimum Gasteiger partial charge on any atom is -0.353 e. The molecule has 0 atom stereocenters. The van der Waals surface area contributed by atoms with Crippen LogP contribution in [0.2, 0.25) is 0 Å². The third-order valence-electron chi connectivity index (χ3n) is 3.49. The van der Waals surface area contributed by atoms with Crippen molar-refractivity contribution in [1.82, 2.24) is 15.3 Å². The molecule has 1 saturated heterocycles. The molecule has 2 fully saturated rings. The number of hydrogen-bond acceptors (Lipinski definition) is 6. The van der Waals surface area contributed by atoms with Gasteiger partial charge in [0.05, 0.1) is 23.4 Å². The van der Waals surface area contributed by atoms with Gasteiger partial charge in [0.1, 0.15) is 5.82 Å². The summed E-state index contributed by atoms with van der Waals surface area (Å²) in [5, 5.41) is 3.40. The molecule has 19 heavy (non-hydrogen) atoms. The van der Waals surface area contributed by atoms with E-state index in [1.807, 2.05) is 4.90 Å². The van der Waals surface area contributed by atoms with Crippen LogP contribution in [0.1, 0.15) is 18.5 Å². The summed E-state index contributed by atoms with van der Waals surface area (Å²) in [6, 6.07) is 0.644. The van der Waals surface area contributed by atoms with Crippen LogP contribution in [0.5, 0.6) is 0 Å². The van der Waals surface area contributed by atoms with Gasteiger partial charge in [-0.2, -0.15) is 0 Å². The fourth-order valence-electron chi connectivity index (χ4n) is 2.11. The average molecular weight is 282 g/mol. The first-order valence-electron chi connectivity index (χ1n) is 6.62. The Kier molecular flexibility index (Phi) is 3.40. The lowest BCUT2D eigenvalue weighted by Crippen LogP contribution is -2.40. The van der Waals surface area contributed by atoms with Crippen molar-refractivity contribution in [2.24, 2.45) is 0 Å². The number of hydrogen-bond donors (Lipinski definition) is 1. The van der Waals surface area contributed by atoms with Crippen molar-refractivity contribution >= 4 is 15.7 Å². The molecule has 0 radical (unpaired) electrons. The molecule has 0 spiro atoms. The quantitative estimate of drug-likeness (QED) is 0.835. The summed E-state index contributed by atoms with van der Waals surface area (Å²) in [6.45, 7) is 1.75. The summed E-state index contributed by atoms with van der Waals surface area (Å²) >= 11 is 0. The minimum atomic E-state index is -2.85. The fourth-order valence-corrected chi connectivity index (χ4v) is 3.31. The number of nitrogens with zero attached hydrogens (tertiary/aromatic N) is 3. The van der Waals surface area contributed by atoms with Crippen LogP contribution >= 0.6 is 0 Å². The smallest absolute Gasteiger partial charge is 0.153 e. The Labute approximate surface area is 113 Å². The molecule has 2 aliphatic rings. The van der Waals surface area contributed by atoms with Gasteiger partial charge in [-0.1, -0.05) is 0 Å². The van der Waals surface area contributed by atoms with Gasteiger partial charge < -0.3 is 10.2 Å². The average Bonchev–Trinajstić information content (AvgIpc) is 3.21. The predicted molar refractivity (Wildman–Crippen MR) is 72.8 cm³/mol. The molecule has 1 aromatic rings. The van der Waals surface area contributed by atoms with Crippen LogP contribution in [0.3, 0.4) is 0 Å². The van der Waals surface area contributed by atoms with E-state index in [9.17, 15) is 8.42 Å². The minimum absolute atomic E-state index is 0.208. The second-order valence-electron chi connectivity index (χ2n) is 5.16. The van der Waals surface area contributed by atoms with Crippen LogP contribution in [0.4, 0.5) is 5.82 Å². The predicted octanol–water partition coefficient (Wildman–Crippen LogP) is -0.0366. The Balaban J connectivity index is 1.65. The second-order valence-corrected chi connectivity index (χ2v) is 7.47. The molecule has 0 unspecified atom stereocenters. The summed E-state index contributed by atoms with van der Waals surface area (Å²) in [7, 11) is -2.85. The maximum absolute atomic E-state index is 11.4. The van der Waals surface area contributed by atoms with E-state index in [-0.39, 0.29) is 11.5 Å². The molecule has 7 heteroatoms. The van der Waals surface area contributed by atoms with Crippen molar-refractivity contribution in [3.05, 3.63) is 18.1 Å². The van der Waals surface area contributed by atoms with Gasteiger partial charge in [0.25, 0.3) is 0 Å². The molecular formula is C12H18N4O2S. The van der Waals surface area contributed by atoms with Gasteiger partial charge >= 0.3 is 0 Å². The van der Waals surface area contributed by atoms with Crippen LogP contribution < -0.4 is 10.2 Å².